The van der Waals surface area contributed by atoms with Gasteiger partial charge in [0.15, 0.2) is 17.3 Å². The van der Waals surface area contributed by atoms with Crippen LogP contribution in [-0.2, 0) is 10.2 Å². The minimum Gasteiger partial charge on any atom is -0.485 e. The number of hydrogen-bond acceptors (Lipinski definition) is 4. The summed E-state index contributed by atoms with van der Waals surface area (Å²) in [4.78, 5) is 25.6. The maximum absolute atomic E-state index is 12.9. The summed E-state index contributed by atoms with van der Waals surface area (Å²) in [6.07, 6.45) is -0.765. The number of nitrogens with one attached hydrogen (secondary N) is 1. The van der Waals surface area contributed by atoms with Crippen LogP contribution >= 0.6 is 0 Å². The van der Waals surface area contributed by atoms with Crippen molar-refractivity contribution in [2.45, 2.75) is 32.3 Å². The molecular formula is C26H25NO4. The Morgan fingerprint density at radius 1 is 0.871 bits per heavy atom. The Hall–Kier alpha value is -3.60. The van der Waals surface area contributed by atoms with Crippen LogP contribution in [0.25, 0.3) is 0 Å². The zero-order chi connectivity index (χ0) is 22.0. The van der Waals surface area contributed by atoms with Crippen LogP contribution in [-0.4, -0.2) is 24.4 Å². The fourth-order valence-corrected chi connectivity index (χ4v) is 3.40. The molecule has 4 rings (SSSR count). The molecule has 0 fully saturated rings. The number of ketones is 1. The highest BCUT2D eigenvalue weighted by Crippen LogP contribution is 2.31. The number of benzene rings is 3. The predicted octanol–water partition coefficient (Wildman–Crippen LogP) is 4.99. The highest BCUT2D eigenvalue weighted by atomic mass is 16.6. The summed E-state index contributed by atoms with van der Waals surface area (Å²) in [7, 11) is 0. The highest BCUT2D eigenvalue weighted by Gasteiger charge is 2.27. The fraction of sp³-hybridized carbons (Fsp3) is 0.231. The molecule has 0 bridgehead atoms. The lowest BCUT2D eigenvalue weighted by Gasteiger charge is -2.25. The number of carbonyl (C=O) groups excluding carboxylic acids is 2. The van der Waals surface area contributed by atoms with Gasteiger partial charge in [-0.2, -0.15) is 0 Å². The van der Waals surface area contributed by atoms with Crippen LogP contribution in [0.3, 0.4) is 0 Å². The van der Waals surface area contributed by atoms with E-state index in [1.807, 2.05) is 36.4 Å². The molecule has 0 spiro atoms. The van der Waals surface area contributed by atoms with Crippen molar-refractivity contribution in [3.05, 3.63) is 89.5 Å². The Balaban J connectivity index is 1.46. The molecule has 0 unspecified atom stereocenters. The monoisotopic (exact) mass is 415 g/mol. The molecule has 1 heterocycles. The number of carbonyl (C=O) groups is 2. The van der Waals surface area contributed by atoms with Gasteiger partial charge in [0, 0.05) is 16.8 Å². The van der Waals surface area contributed by atoms with Crippen LogP contribution < -0.4 is 14.8 Å². The summed E-state index contributed by atoms with van der Waals surface area (Å²) < 4.78 is 11.4. The number of fused-ring (bicyclic) bond motifs is 1. The second-order valence-electron chi connectivity index (χ2n) is 8.59. The molecule has 1 atom stereocenters. The van der Waals surface area contributed by atoms with Crippen LogP contribution in [0.5, 0.6) is 11.5 Å². The van der Waals surface area contributed by atoms with E-state index in [9.17, 15) is 9.59 Å². The van der Waals surface area contributed by atoms with Gasteiger partial charge in [-0.25, -0.2) is 0 Å². The van der Waals surface area contributed by atoms with E-state index in [0.717, 1.165) is 0 Å². The molecular weight excluding hydrogens is 390 g/mol. The Morgan fingerprint density at radius 2 is 1.58 bits per heavy atom. The molecule has 1 amide bonds. The van der Waals surface area contributed by atoms with Gasteiger partial charge < -0.3 is 14.8 Å². The van der Waals surface area contributed by atoms with E-state index in [1.165, 1.54) is 5.56 Å². The lowest BCUT2D eigenvalue weighted by Crippen LogP contribution is -2.40. The third-order valence-corrected chi connectivity index (χ3v) is 5.21. The summed E-state index contributed by atoms with van der Waals surface area (Å²) in [6, 6.07) is 21.8. The third kappa shape index (κ3) is 4.61. The molecule has 1 N–H and O–H groups in total. The maximum atomic E-state index is 12.9. The molecule has 0 aliphatic carbocycles. The Bertz CT molecular complexity index is 1110. The minimum atomic E-state index is -0.765. The van der Waals surface area contributed by atoms with Gasteiger partial charge in [0.25, 0.3) is 5.91 Å². The zero-order valence-corrected chi connectivity index (χ0v) is 17.8. The van der Waals surface area contributed by atoms with Gasteiger partial charge in [0.05, 0.1) is 0 Å². The first-order valence-corrected chi connectivity index (χ1v) is 10.3. The average molecular weight is 415 g/mol. The van der Waals surface area contributed by atoms with Gasteiger partial charge in [0.2, 0.25) is 6.10 Å². The van der Waals surface area contributed by atoms with Crippen LogP contribution in [0.4, 0.5) is 5.69 Å². The first kappa shape index (κ1) is 20.7. The predicted molar refractivity (Wildman–Crippen MR) is 120 cm³/mol. The number of hydrogen-bond donors (Lipinski definition) is 1. The molecule has 3 aromatic carbocycles. The van der Waals surface area contributed by atoms with E-state index in [1.54, 1.807) is 36.4 Å². The third-order valence-electron chi connectivity index (χ3n) is 5.21. The molecule has 0 aromatic heterocycles. The molecule has 1 aliphatic heterocycles. The topological polar surface area (TPSA) is 64.6 Å². The van der Waals surface area contributed by atoms with Crippen LogP contribution in [0.2, 0.25) is 0 Å². The van der Waals surface area contributed by atoms with Crippen molar-refractivity contribution in [1.29, 1.82) is 0 Å². The van der Waals surface area contributed by atoms with Crippen LogP contribution in [0.15, 0.2) is 72.8 Å². The molecule has 1 aliphatic rings. The Morgan fingerprint density at radius 3 is 2.29 bits per heavy atom. The largest absolute Gasteiger partial charge is 0.485 e. The molecule has 158 valence electrons. The first-order valence-electron chi connectivity index (χ1n) is 10.3. The maximum Gasteiger partial charge on any atom is 0.269 e. The molecule has 0 saturated carbocycles. The van der Waals surface area contributed by atoms with Gasteiger partial charge in [-0.15, -0.1) is 0 Å². The molecule has 5 heteroatoms. The molecule has 0 radical (unpaired) electrons. The van der Waals surface area contributed by atoms with Gasteiger partial charge in [-0.3, -0.25) is 9.59 Å². The lowest BCUT2D eigenvalue weighted by atomic mass is 9.86. The van der Waals surface area contributed by atoms with Crippen molar-refractivity contribution in [1.82, 2.24) is 0 Å². The van der Waals surface area contributed by atoms with Gasteiger partial charge in [-0.1, -0.05) is 69.3 Å². The standard InChI is InChI=1S/C26H25NO4/c1-26(2,3)19-13-11-17(12-14-19)24(28)18-7-6-8-20(15-18)27-25(29)23-16-30-21-9-4-5-10-22(21)31-23/h4-15,23H,16H2,1-3H3,(H,27,29)/t23-/m0/s1. The quantitative estimate of drug-likeness (QED) is 0.610. The molecule has 5 nitrogen and oxygen atoms in total. The van der Waals surface area contributed by atoms with Crippen molar-refractivity contribution >= 4 is 17.4 Å². The van der Waals surface area contributed by atoms with Crippen molar-refractivity contribution in [2.75, 3.05) is 11.9 Å². The van der Waals surface area contributed by atoms with Crippen LogP contribution in [0.1, 0.15) is 42.3 Å². The Kier molecular flexibility index (Phi) is 5.51. The minimum absolute atomic E-state index is 0.0250. The first-order chi connectivity index (χ1) is 14.8. The number of para-hydroxylation sites is 2. The van der Waals surface area contributed by atoms with E-state index in [2.05, 4.69) is 26.1 Å². The van der Waals surface area contributed by atoms with E-state index >= 15 is 0 Å². The van der Waals surface area contributed by atoms with Crippen molar-refractivity contribution < 1.29 is 19.1 Å². The van der Waals surface area contributed by atoms with Crippen LogP contribution in [0, 0.1) is 0 Å². The lowest BCUT2D eigenvalue weighted by molar-refractivity contribution is -0.125. The van der Waals surface area contributed by atoms with E-state index in [0.29, 0.717) is 28.3 Å². The zero-order valence-electron chi connectivity index (χ0n) is 17.8. The molecule has 3 aromatic rings. The summed E-state index contributed by atoms with van der Waals surface area (Å²) in [5.74, 6) is 0.740. The smallest absolute Gasteiger partial charge is 0.269 e. The fourth-order valence-electron chi connectivity index (χ4n) is 3.40. The summed E-state index contributed by atoms with van der Waals surface area (Å²) in [6.45, 7) is 6.53. The summed E-state index contributed by atoms with van der Waals surface area (Å²) in [5.41, 5.74) is 2.84. The van der Waals surface area contributed by atoms with Crippen molar-refractivity contribution in [2.24, 2.45) is 0 Å². The number of ether oxygens (including phenoxy) is 2. The number of rotatable bonds is 4. The average Bonchev–Trinajstić information content (AvgIpc) is 2.78. The number of amides is 1. The number of anilines is 1. The van der Waals surface area contributed by atoms with Crippen molar-refractivity contribution in [3.63, 3.8) is 0 Å². The van der Waals surface area contributed by atoms with Gasteiger partial charge in [0.1, 0.15) is 6.61 Å². The molecule has 31 heavy (non-hydrogen) atoms. The second-order valence-corrected chi connectivity index (χ2v) is 8.59. The van der Waals surface area contributed by atoms with Gasteiger partial charge >= 0.3 is 0 Å². The summed E-state index contributed by atoms with van der Waals surface area (Å²) >= 11 is 0. The molecule has 0 saturated heterocycles. The SMILES string of the molecule is CC(C)(C)c1ccc(C(=O)c2cccc(NC(=O)[C@@H]3COc4ccccc4O3)c2)cc1. The van der Waals surface area contributed by atoms with Gasteiger partial charge in [-0.05, 0) is 35.2 Å². The van der Waals surface area contributed by atoms with E-state index in [4.69, 9.17) is 9.47 Å². The normalized spacial score (nSPS) is 15.3. The van der Waals surface area contributed by atoms with E-state index in [-0.39, 0.29) is 23.7 Å². The Labute approximate surface area is 182 Å². The van der Waals surface area contributed by atoms with Crippen molar-refractivity contribution in [3.8, 4) is 11.5 Å². The second kappa shape index (κ2) is 8.26. The summed E-state index contributed by atoms with van der Waals surface area (Å²) in [5, 5.41) is 2.82. The van der Waals surface area contributed by atoms with E-state index < -0.39 is 6.10 Å². The highest BCUT2D eigenvalue weighted by molar-refractivity contribution is 6.09.